The quantitative estimate of drug-likeness (QED) is 0.505. The first-order chi connectivity index (χ1) is 6.79. The minimum atomic E-state index is 0.280. The maximum Gasteiger partial charge on any atom is 0.234 e. The molecule has 3 atom stereocenters. The fraction of sp³-hybridized carbons (Fsp3) is 0.818. The van der Waals surface area contributed by atoms with Gasteiger partial charge >= 0.3 is 0 Å². The van der Waals surface area contributed by atoms with Crippen molar-refractivity contribution >= 4 is 6.08 Å². The first-order valence-electron chi connectivity index (χ1n) is 5.20. The van der Waals surface area contributed by atoms with Crippen molar-refractivity contribution in [3.05, 3.63) is 0 Å². The lowest BCUT2D eigenvalue weighted by molar-refractivity contribution is 0.254. The highest BCUT2D eigenvalue weighted by Crippen LogP contribution is 2.58. The third kappa shape index (κ3) is 1.47. The maximum absolute atomic E-state index is 10.0. The van der Waals surface area contributed by atoms with Gasteiger partial charge in [0.25, 0.3) is 0 Å². The van der Waals surface area contributed by atoms with Crippen molar-refractivity contribution in [1.29, 1.82) is 5.26 Å². The SMILES string of the molecule is N#CCC12CCC(C1)C(CN=C=O)C2. The molecule has 0 aliphatic heterocycles. The van der Waals surface area contributed by atoms with Crippen molar-refractivity contribution in [2.24, 2.45) is 22.2 Å². The molecular formula is C11H14N2O. The molecule has 3 heteroatoms. The van der Waals surface area contributed by atoms with Crippen LogP contribution in [0.5, 0.6) is 0 Å². The highest BCUT2D eigenvalue weighted by atomic mass is 16.1. The molecule has 14 heavy (non-hydrogen) atoms. The van der Waals surface area contributed by atoms with E-state index in [-0.39, 0.29) is 5.41 Å². The topological polar surface area (TPSA) is 53.2 Å². The number of rotatable bonds is 3. The van der Waals surface area contributed by atoms with Crippen molar-refractivity contribution in [2.75, 3.05) is 6.54 Å². The Morgan fingerprint density at radius 1 is 1.50 bits per heavy atom. The number of isocyanates is 1. The van der Waals surface area contributed by atoms with Crippen LogP contribution in [0.2, 0.25) is 0 Å². The van der Waals surface area contributed by atoms with E-state index in [0.29, 0.717) is 24.8 Å². The summed E-state index contributed by atoms with van der Waals surface area (Å²) in [6.45, 7) is 0.626. The second-order valence-corrected chi connectivity index (χ2v) is 4.73. The van der Waals surface area contributed by atoms with Crippen LogP contribution >= 0.6 is 0 Å². The van der Waals surface area contributed by atoms with Crippen LogP contribution in [0, 0.1) is 28.6 Å². The normalized spacial score (nSPS) is 39.1. The molecule has 3 unspecified atom stereocenters. The minimum absolute atomic E-state index is 0.280. The molecule has 0 radical (unpaired) electrons. The summed E-state index contributed by atoms with van der Waals surface area (Å²) < 4.78 is 0. The lowest BCUT2D eigenvalue weighted by Crippen LogP contribution is -2.19. The van der Waals surface area contributed by atoms with Crippen LogP contribution in [0.15, 0.2) is 4.99 Å². The molecule has 0 N–H and O–H groups in total. The first-order valence-corrected chi connectivity index (χ1v) is 5.20. The van der Waals surface area contributed by atoms with E-state index in [1.54, 1.807) is 6.08 Å². The number of nitrogens with zero attached hydrogens (tertiary/aromatic N) is 2. The zero-order valence-electron chi connectivity index (χ0n) is 8.20. The molecule has 2 aliphatic carbocycles. The largest absolute Gasteiger partial charge is 0.234 e. The van der Waals surface area contributed by atoms with Crippen LogP contribution in [-0.2, 0) is 4.79 Å². The maximum atomic E-state index is 10.0. The summed E-state index contributed by atoms with van der Waals surface area (Å²) in [6.07, 6.45) is 6.99. The Kier molecular flexibility index (Phi) is 2.39. The zero-order valence-corrected chi connectivity index (χ0v) is 8.20. The molecule has 2 bridgehead atoms. The number of nitriles is 1. The Morgan fingerprint density at radius 2 is 2.36 bits per heavy atom. The van der Waals surface area contributed by atoms with Gasteiger partial charge in [-0.05, 0) is 42.9 Å². The van der Waals surface area contributed by atoms with E-state index < -0.39 is 0 Å². The van der Waals surface area contributed by atoms with Gasteiger partial charge in [0.2, 0.25) is 6.08 Å². The fourth-order valence-corrected chi connectivity index (χ4v) is 3.33. The molecule has 74 valence electrons. The summed E-state index contributed by atoms with van der Waals surface area (Å²) in [5, 5.41) is 8.77. The van der Waals surface area contributed by atoms with Gasteiger partial charge in [-0.15, -0.1) is 0 Å². The Labute approximate surface area is 83.8 Å². The zero-order chi connectivity index (χ0) is 10.0. The number of hydrogen-bond acceptors (Lipinski definition) is 3. The second kappa shape index (κ2) is 3.55. The monoisotopic (exact) mass is 190 g/mol. The van der Waals surface area contributed by atoms with Crippen LogP contribution < -0.4 is 0 Å². The average Bonchev–Trinajstić information content (AvgIpc) is 2.72. The summed E-state index contributed by atoms with van der Waals surface area (Å²) in [7, 11) is 0. The summed E-state index contributed by atoms with van der Waals surface area (Å²) >= 11 is 0. The third-order valence-electron chi connectivity index (χ3n) is 3.95. The van der Waals surface area contributed by atoms with E-state index >= 15 is 0 Å². The van der Waals surface area contributed by atoms with E-state index in [9.17, 15) is 4.79 Å². The smallest absolute Gasteiger partial charge is 0.211 e. The predicted molar refractivity (Wildman–Crippen MR) is 51.1 cm³/mol. The number of fused-ring (bicyclic) bond motifs is 2. The van der Waals surface area contributed by atoms with Gasteiger partial charge in [0.15, 0.2) is 0 Å². The summed E-state index contributed by atoms with van der Waals surface area (Å²) in [5.74, 6) is 1.25. The van der Waals surface area contributed by atoms with E-state index in [4.69, 9.17) is 5.26 Å². The molecule has 2 saturated carbocycles. The second-order valence-electron chi connectivity index (χ2n) is 4.73. The molecule has 2 aliphatic rings. The molecule has 0 saturated heterocycles. The summed E-state index contributed by atoms with van der Waals surface area (Å²) in [6, 6.07) is 2.30. The molecule has 2 rings (SSSR count). The van der Waals surface area contributed by atoms with Gasteiger partial charge in [0, 0.05) is 6.42 Å². The van der Waals surface area contributed by atoms with Crippen molar-refractivity contribution < 1.29 is 4.79 Å². The summed E-state index contributed by atoms with van der Waals surface area (Å²) in [5.41, 5.74) is 0.280. The predicted octanol–water partition coefficient (Wildman–Crippen LogP) is 2.04. The molecule has 0 amide bonds. The van der Waals surface area contributed by atoms with Gasteiger partial charge < -0.3 is 0 Å². The van der Waals surface area contributed by atoms with E-state index in [1.807, 2.05) is 0 Å². The fourth-order valence-electron chi connectivity index (χ4n) is 3.33. The standard InChI is InChI=1S/C11H14N2O/c12-4-3-11-2-1-9(5-11)10(6-11)7-13-8-14/h9-10H,1-3,5-7H2. The summed E-state index contributed by atoms with van der Waals surface area (Å²) in [4.78, 5) is 13.7. The van der Waals surface area contributed by atoms with Crippen LogP contribution in [0.3, 0.4) is 0 Å². The van der Waals surface area contributed by atoms with E-state index in [1.165, 1.54) is 19.3 Å². The molecule has 0 aromatic carbocycles. The van der Waals surface area contributed by atoms with Crippen LogP contribution in [0.4, 0.5) is 0 Å². The Bertz CT molecular complexity index is 314. The molecular weight excluding hydrogens is 176 g/mol. The van der Waals surface area contributed by atoms with Gasteiger partial charge in [0.1, 0.15) is 0 Å². The van der Waals surface area contributed by atoms with Crippen LogP contribution in [0.1, 0.15) is 32.1 Å². The van der Waals surface area contributed by atoms with Crippen LogP contribution in [-0.4, -0.2) is 12.6 Å². The average molecular weight is 190 g/mol. The van der Waals surface area contributed by atoms with E-state index in [0.717, 1.165) is 6.42 Å². The van der Waals surface area contributed by atoms with Gasteiger partial charge in [-0.1, -0.05) is 0 Å². The van der Waals surface area contributed by atoms with Crippen molar-refractivity contribution in [3.8, 4) is 6.07 Å². The van der Waals surface area contributed by atoms with Crippen LogP contribution in [0.25, 0.3) is 0 Å². The van der Waals surface area contributed by atoms with Gasteiger partial charge in [-0.3, -0.25) is 0 Å². The lowest BCUT2D eigenvalue weighted by Gasteiger charge is -2.26. The number of aliphatic imine (C=N–C) groups is 1. The Morgan fingerprint density at radius 3 is 3.07 bits per heavy atom. The van der Waals surface area contributed by atoms with Crippen molar-refractivity contribution in [1.82, 2.24) is 0 Å². The molecule has 0 heterocycles. The van der Waals surface area contributed by atoms with Crippen molar-refractivity contribution in [2.45, 2.75) is 32.1 Å². The molecule has 0 aromatic rings. The molecule has 0 aromatic heterocycles. The van der Waals surface area contributed by atoms with Crippen molar-refractivity contribution in [3.63, 3.8) is 0 Å². The van der Waals surface area contributed by atoms with Gasteiger partial charge in [-0.2, -0.15) is 5.26 Å². The highest BCUT2D eigenvalue weighted by molar-refractivity contribution is 5.32. The molecule has 0 spiro atoms. The van der Waals surface area contributed by atoms with Gasteiger partial charge in [-0.25, -0.2) is 9.79 Å². The minimum Gasteiger partial charge on any atom is -0.211 e. The Hall–Kier alpha value is -1.13. The number of carbonyl (C=O) groups excluding carboxylic acids is 1. The van der Waals surface area contributed by atoms with Gasteiger partial charge in [0.05, 0.1) is 12.6 Å². The highest BCUT2D eigenvalue weighted by Gasteiger charge is 2.49. The lowest BCUT2D eigenvalue weighted by atomic mass is 9.78. The first kappa shape index (κ1) is 9.43. The molecule has 2 fully saturated rings. The molecule has 3 nitrogen and oxygen atoms in total. The van der Waals surface area contributed by atoms with E-state index in [2.05, 4.69) is 11.1 Å². The third-order valence-corrected chi connectivity index (χ3v) is 3.95. The Balaban J connectivity index is 2.02. The number of hydrogen-bond donors (Lipinski definition) is 0.